The molecule has 1 aromatic rings. The minimum absolute atomic E-state index is 0.0300. The molecule has 84 valence electrons. The van der Waals surface area contributed by atoms with Crippen LogP contribution in [0.2, 0.25) is 0 Å². The van der Waals surface area contributed by atoms with Gasteiger partial charge in [0.1, 0.15) is 0 Å². The SMILES string of the molecule is O=C(NCCc1c[nH]c(F)n1)C(F)(F)F. The number of amides is 1. The van der Waals surface area contributed by atoms with Crippen LogP contribution in [-0.4, -0.2) is 28.6 Å². The maximum atomic E-state index is 12.3. The maximum Gasteiger partial charge on any atom is 0.471 e. The minimum atomic E-state index is -4.89. The zero-order valence-electron chi connectivity index (χ0n) is 7.36. The summed E-state index contributed by atoms with van der Waals surface area (Å²) >= 11 is 0. The third-order valence-electron chi connectivity index (χ3n) is 1.52. The van der Waals surface area contributed by atoms with Crippen LogP contribution < -0.4 is 5.32 Å². The van der Waals surface area contributed by atoms with Crippen LogP contribution in [0.15, 0.2) is 6.20 Å². The Labute approximate surface area is 81.7 Å². The number of nitrogens with one attached hydrogen (secondary N) is 2. The number of carbonyl (C=O) groups is 1. The van der Waals surface area contributed by atoms with Crippen molar-refractivity contribution in [2.45, 2.75) is 12.6 Å². The van der Waals surface area contributed by atoms with Gasteiger partial charge in [0, 0.05) is 19.2 Å². The Morgan fingerprint density at radius 1 is 1.53 bits per heavy atom. The first-order valence-corrected chi connectivity index (χ1v) is 3.94. The fraction of sp³-hybridized carbons (Fsp3) is 0.429. The first kappa shape index (κ1) is 11.5. The molecule has 0 saturated heterocycles. The Morgan fingerprint density at radius 3 is 2.67 bits per heavy atom. The zero-order chi connectivity index (χ0) is 11.5. The quantitative estimate of drug-likeness (QED) is 0.746. The third-order valence-corrected chi connectivity index (χ3v) is 1.52. The van der Waals surface area contributed by atoms with Crippen LogP contribution in [0.25, 0.3) is 0 Å². The van der Waals surface area contributed by atoms with Crippen LogP contribution >= 0.6 is 0 Å². The summed E-state index contributed by atoms with van der Waals surface area (Å²) in [5.74, 6) is -2.02. The second-order valence-electron chi connectivity index (χ2n) is 2.69. The van der Waals surface area contributed by atoms with E-state index in [1.54, 1.807) is 5.32 Å². The molecule has 0 unspecified atom stereocenters. The number of rotatable bonds is 3. The third kappa shape index (κ3) is 3.56. The summed E-state index contributed by atoms with van der Waals surface area (Å²) in [5.41, 5.74) is 0.245. The van der Waals surface area contributed by atoms with Gasteiger partial charge in [-0.2, -0.15) is 17.6 Å². The van der Waals surface area contributed by atoms with Gasteiger partial charge in [-0.1, -0.05) is 0 Å². The summed E-state index contributed by atoms with van der Waals surface area (Å²) in [4.78, 5) is 15.8. The first-order valence-electron chi connectivity index (χ1n) is 3.94. The molecule has 8 heteroatoms. The highest BCUT2D eigenvalue weighted by Crippen LogP contribution is 2.13. The van der Waals surface area contributed by atoms with Crippen molar-refractivity contribution in [3.05, 3.63) is 18.0 Å². The standard InChI is InChI=1S/C7H7F4N3O/c8-6-13-3-4(14-6)1-2-12-5(15)7(9,10)11/h3H,1-2H2,(H,12,15)(H,13,14). The van der Waals surface area contributed by atoms with Crippen LogP contribution in [0.3, 0.4) is 0 Å². The number of hydrogen-bond acceptors (Lipinski definition) is 2. The normalized spacial score (nSPS) is 11.5. The first-order chi connectivity index (χ1) is 6.89. The molecular formula is C7H7F4N3O. The maximum absolute atomic E-state index is 12.3. The number of aromatic nitrogens is 2. The van der Waals surface area contributed by atoms with E-state index in [-0.39, 0.29) is 18.7 Å². The summed E-state index contributed by atoms with van der Waals surface area (Å²) < 4.78 is 47.3. The van der Waals surface area contributed by atoms with Crippen molar-refractivity contribution < 1.29 is 22.4 Å². The van der Waals surface area contributed by atoms with Gasteiger partial charge in [-0.25, -0.2) is 4.98 Å². The summed E-state index contributed by atoms with van der Waals surface area (Å²) in [7, 11) is 0. The number of H-pyrrole nitrogens is 1. The second kappa shape index (κ2) is 4.28. The number of aromatic amines is 1. The molecule has 0 aliphatic carbocycles. The molecular weight excluding hydrogens is 218 g/mol. The number of carbonyl (C=O) groups excluding carboxylic acids is 1. The van der Waals surface area contributed by atoms with Crippen molar-refractivity contribution in [3.63, 3.8) is 0 Å². The Morgan fingerprint density at radius 2 is 2.20 bits per heavy atom. The van der Waals surface area contributed by atoms with Crippen molar-refractivity contribution in [1.82, 2.24) is 15.3 Å². The van der Waals surface area contributed by atoms with E-state index in [0.29, 0.717) is 0 Å². The van der Waals surface area contributed by atoms with Crippen molar-refractivity contribution >= 4 is 5.91 Å². The monoisotopic (exact) mass is 225 g/mol. The Hall–Kier alpha value is -1.60. The fourth-order valence-electron chi connectivity index (χ4n) is 0.866. The minimum Gasteiger partial charge on any atom is -0.348 e. The van der Waals surface area contributed by atoms with Crippen molar-refractivity contribution in [2.24, 2.45) is 0 Å². The highest BCUT2D eigenvalue weighted by molar-refractivity contribution is 5.81. The lowest BCUT2D eigenvalue weighted by atomic mass is 10.3. The van der Waals surface area contributed by atoms with Gasteiger partial charge in [0.2, 0.25) is 0 Å². The number of nitrogens with zero attached hydrogens (tertiary/aromatic N) is 1. The molecule has 0 radical (unpaired) electrons. The van der Waals surface area contributed by atoms with Gasteiger partial charge in [-0.05, 0) is 0 Å². The largest absolute Gasteiger partial charge is 0.471 e. The Balaban J connectivity index is 2.31. The molecule has 1 heterocycles. The van der Waals surface area contributed by atoms with Gasteiger partial charge in [0.05, 0.1) is 5.69 Å². The Bertz CT molecular complexity index is 346. The fourth-order valence-corrected chi connectivity index (χ4v) is 0.866. The predicted molar refractivity (Wildman–Crippen MR) is 41.3 cm³/mol. The number of halogens is 4. The van der Waals surface area contributed by atoms with Crippen LogP contribution in [0, 0.1) is 6.08 Å². The molecule has 0 aliphatic rings. The highest BCUT2D eigenvalue weighted by Gasteiger charge is 2.38. The highest BCUT2D eigenvalue weighted by atomic mass is 19.4. The van der Waals surface area contributed by atoms with Crippen LogP contribution in [0.1, 0.15) is 5.69 Å². The predicted octanol–water partition coefficient (Wildman–Crippen LogP) is 0.770. The van der Waals surface area contributed by atoms with Crippen molar-refractivity contribution in [3.8, 4) is 0 Å². The van der Waals surface area contributed by atoms with Gasteiger partial charge in [-0.15, -0.1) is 0 Å². The molecule has 1 amide bonds. The van der Waals surface area contributed by atoms with E-state index in [1.807, 2.05) is 0 Å². The van der Waals surface area contributed by atoms with E-state index in [9.17, 15) is 22.4 Å². The molecule has 15 heavy (non-hydrogen) atoms. The lowest BCUT2D eigenvalue weighted by Gasteiger charge is -2.06. The van der Waals surface area contributed by atoms with Gasteiger partial charge in [0.15, 0.2) is 0 Å². The molecule has 0 aliphatic heterocycles. The smallest absolute Gasteiger partial charge is 0.348 e. The molecule has 0 bridgehead atoms. The molecule has 0 spiro atoms. The van der Waals surface area contributed by atoms with E-state index >= 15 is 0 Å². The summed E-state index contributed by atoms with van der Waals surface area (Å²) in [6.45, 7) is -0.247. The molecule has 1 rings (SSSR count). The topological polar surface area (TPSA) is 57.8 Å². The molecule has 0 aromatic carbocycles. The summed E-state index contributed by atoms with van der Waals surface area (Å²) in [6, 6.07) is 0. The second-order valence-corrected chi connectivity index (χ2v) is 2.69. The van der Waals surface area contributed by atoms with Crippen LogP contribution in [0.5, 0.6) is 0 Å². The summed E-state index contributed by atoms with van der Waals surface area (Å²) in [6.07, 6.45) is -4.46. The molecule has 1 aromatic heterocycles. The van der Waals surface area contributed by atoms with Crippen molar-refractivity contribution in [2.75, 3.05) is 6.54 Å². The van der Waals surface area contributed by atoms with Gasteiger partial charge < -0.3 is 10.3 Å². The van der Waals surface area contributed by atoms with E-state index < -0.39 is 18.2 Å². The van der Waals surface area contributed by atoms with E-state index in [2.05, 4.69) is 9.97 Å². The van der Waals surface area contributed by atoms with Gasteiger partial charge in [0.25, 0.3) is 6.08 Å². The zero-order valence-corrected chi connectivity index (χ0v) is 7.36. The van der Waals surface area contributed by atoms with Gasteiger partial charge in [-0.3, -0.25) is 4.79 Å². The summed E-state index contributed by atoms with van der Waals surface area (Å²) in [5, 5.41) is 1.64. The molecule has 0 atom stereocenters. The number of hydrogen-bond donors (Lipinski definition) is 2. The molecule has 4 nitrogen and oxygen atoms in total. The van der Waals surface area contributed by atoms with Crippen LogP contribution in [-0.2, 0) is 11.2 Å². The molecule has 0 fully saturated rings. The average molecular weight is 225 g/mol. The van der Waals surface area contributed by atoms with Crippen molar-refractivity contribution in [1.29, 1.82) is 0 Å². The van der Waals surface area contributed by atoms with Gasteiger partial charge >= 0.3 is 12.1 Å². The lowest BCUT2D eigenvalue weighted by molar-refractivity contribution is -0.173. The van der Waals surface area contributed by atoms with Crippen LogP contribution in [0.4, 0.5) is 17.6 Å². The average Bonchev–Trinajstić information content (AvgIpc) is 2.49. The van der Waals surface area contributed by atoms with E-state index in [4.69, 9.17) is 0 Å². The molecule has 0 saturated carbocycles. The lowest BCUT2D eigenvalue weighted by Crippen LogP contribution is -2.37. The number of imidazole rings is 1. The van der Waals surface area contributed by atoms with E-state index in [1.165, 1.54) is 6.20 Å². The Kier molecular flexibility index (Phi) is 3.28. The van der Waals surface area contributed by atoms with E-state index in [0.717, 1.165) is 0 Å². The number of alkyl halides is 3. The molecule has 2 N–H and O–H groups in total.